The van der Waals surface area contributed by atoms with Crippen LogP contribution in [0, 0.1) is 5.82 Å². The fourth-order valence-electron chi connectivity index (χ4n) is 3.63. The van der Waals surface area contributed by atoms with Gasteiger partial charge in [-0.3, -0.25) is 4.79 Å². The molecule has 3 nitrogen and oxygen atoms in total. The minimum absolute atomic E-state index is 0.155. The van der Waals surface area contributed by atoms with Gasteiger partial charge in [0.2, 0.25) is 5.43 Å². The van der Waals surface area contributed by atoms with Crippen LogP contribution in [0.25, 0.3) is 43.0 Å². The molecule has 0 bridgehead atoms. The second kappa shape index (κ2) is 8.19. The molecular weight excluding hydrogens is 443 g/mol. The van der Waals surface area contributed by atoms with Gasteiger partial charge in [-0.25, -0.2) is 9.37 Å². The fraction of sp³-hybridized carbons (Fsp3) is 0. The quantitative estimate of drug-likeness (QED) is 0.315. The molecule has 0 aliphatic heterocycles. The van der Waals surface area contributed by atoms with Crippen LogP contribution in [0.15, 0.2) is 89.7 Å². The third-order valence-corrected chi connectivity index (χ3v) is 6.63. The van der Waals surface area contributed by atoms with Crippen molar-refractivity contribution in [3.63, 3.8) is 0 Å². The van der Waals surface area contributed by atoms with Crippen molar-refractivity contribution < 1.29 is 4.39 Å². The Morgan fingerprint density at radius 1 is 0.844 bits per heavy atom. The molecule has 0 saturated carbocycles. The van der Waals surface area contributed by atoms with E-state index in [-0.39, 0.29) is 16.9 Å². The maximum absolute atomic E-state index is 13.6. The minimum atomic E-state index is -0.343. The summed E-state index contributed by atoms with van der Waals surface area (Å²) in [7, 11) is 0. The molecule has 0 unspecified atom stereocenters. The van der Waals surface area contributed by atoms with Crippen molar-refractivity contribution in [2.75, 3.05) is 5.73 Å². The normalized spacial score (nSPS) is 11.1. The van der Waals surface area contributed by atoms with Crippen molar-refractivity contribution in [2.24, 2.45) is 0 Å². The molecule has 0 saturated heterocycles. The van der Waals surface area contributed by atoms with E-state index in [9.17, 15) is 9.18 Å². The number of pyridine rings is 1. The second-order valence-corrected chi connectivity index (χ2v) is 8.72. The topological polar surface area (TPSA) is 56.0 Å². The number of nitrogen functional groups attached to an aromatic ring is 1. The molecule has 6 heteroatoms. The smallest absolute Gasteiger partial charge is 0.213 e. The van der Waals surface area contributed by atoms with E-state index in [1.54, 1.807) is 24.3 Å². The molecular formula is C26H16ClFN2OS. The molecule has 0 aliphatic carbocycles. The summed E-state index contributed by atoms with van der Waals surface area (Å²) >= 11 is 7.38. The highest BCUT2D eigenvalue weighted by molar-refractivity contribution is 7.21. The summed E-state index contributed by atoms with van der Waals surface area (Å²) in [5, 5.41) is 1.03. The number of benzene rings is 3. The van der Waals surface area contributed by atoms with Gasteiger partial charge in [-0.15, -0.1) is 11.3 Å². The molecule has 5 aromatic rings. The van der Waals surface area contributed by atoms with Crippen LogP contribution in [0.2, 0.25) is 5.02 Å². The van der Waals surface area contributed by atoms with Crippen LogP contribution < -0.4 is 11.2 Å². The molecule has 0 aliphatic rings. The Hall–Kier alpha value is -3.54. The molecule has 32 heavy (non-hydrogen) atoms. The highest BCUT2D eigenvalue weighted by atomic mass is 35.5. The van der Waals surface area contributed by atoms with Crippen molar-refractivity contribution >= 4 is 38.8 Å². The van der Waals surface area contributed by atoms with Crippen LogP contribution in [0.4, 0.5) is 10.1 Å². The SMILES string of the molecule is Nc1c(-c2ccc(Cl)cc2)sc2nc(-c3ccccc3)cc(-c3ccc(F)cc3)c2c1=O. The average molecular weight is 459 g/mol. The van der Waals surface area contributed by atoms with Gasteiger partial charge in [-0.05, 0) is 47.0 Å². The molecule has 5 rings (SSSR count). The zero-order valence-electron chi connectivity index (χ0n) is 16.7. The first kappa shape index (κ1) is 20.4. The number of anilines is 1. The van der Waals surface area contributed by atoms with E-state index >= 15 is 0 Å². The van der Waals surface area contributed by atoms with Crippen LogP contribution in [-0.2, 0) is 0 Å². The lowest BCUT2D eigenvalue weighted by atomic mass is 9.99. The Kier molecular flexibility index (Phi) is 5.21. The summed E-state index contributed by atoms with van der Waals surface area (Å²) in [5.41, 5.74) is 10.0. The molecule has 2 N–H and O–H groups in total. The number of aromatic nitrogens is 1. The van der Waals surface area contributed by atoms with Gasteiger partial charge >= 0.3 is 0 Å². The monoisotopic (exact) mass is 458 g/mol. The first-order chi connectivity index (χ1) is 15.5. The zero-order chi connectivity index (χ0) is 22.2. The molecule has 156 valence electrons. The number of fused-ring (bicyclic) bond motifs is 1. The van der Waals surface area contributed by atoms with Gasteiger partial charge in [0.05, 0.1) is 21.6 Å². The Morgan fingerprint density at radius 2 is 1.50 bits per heavy atom. The summed E-state index contributed by atoms with van der Waals surface area (Å²) in [4.78, 5) is 19.5. The molecule has 0 fully saturated rings. The fourth-order valence-corrected chi connectivity index (χ4v) is 4.86. The Bertz CT molecular complexity index is 1500. The average Bonchev–Trinajstić information content (AvgIpc) is 2.82. The number of halogens is 2. The lowest BCUT2D eigenvalue weighted by molar-refractivity contribution is 0.628. The zero-order valence-corrected chi connectivity index (χ0v) is 18.3. The van der Waals surface area contributed by atoms with Crippen LogP contribution in [0.5, 0.6) is 0 Å². The first-order valence-electron chi connectivity index (χ1n) is 9.86. The van der Waals surface area contributed by atoms with E-state index in [2.05, 4.69) is 0 Å². The summed E-state index contributed by atoms with van der Waals surface area (Å²) in [6.45, 7) is 0. The molecule has 0 spiro atoms. The van der Waals surface area contributed by atoms with Gasteiger partial charge < -0.3 is 5.73 Å². The maximum Gasteiger partial charge on any atom is 0.213 e. The van der Waals surface area contributed by atoms with Crippen molar-refractivity contribution in [3.05, 3.63) is 106 Å². The van der Waals surface area contributed by atoms with Gasteiger partial charge in [-0.1, -0.05) is 66.2 Å². The van der Waals surface area contributed by atoms with Crippen molar-refractivity contribution in [1.82, 2.24) is 4.98 Å². The lowest BCUT2D eigenvalue weighted by Crippen LogP contribution is -2.11. The molecule has 2 aromatic heterocycles. The number of hydrogen-bond donors (Lipinski definition) is 1. The minimum Gasteiger partial charge on any atom is -0.394 e. The van der Waals surface area contributed by atoms with E-state index in [4.69, 9.17) is 22.3 Å². The van der Waals surface area contributed by atoms with Crippen molar-refractivity contribution in [1.29, 1.82) is 0 Å². The molecule has 0 amide bonds. The van der Waals surface area contributed by atoms with E-state index in [1.807, 2.05) is 48.5 Å². The Balaban J connectivity index is 1.85. The third-order valence-electron chi connectivity index (χ3n) is 5.23. The first-order valence-corrected chi connectivity index (χ1v) is 11.1. The van der Waals surface area contributed by atoms with E-state index in [1.165, 1.54) is 23.5 Å². The highest BCUT2D eigenvalue weighted by Crippen LogP contribution is 2.38. The Labute approximate surface area is 192 Å². The molecule has 3 aromatic carbocycles. The predicted molar refractivity (Wildman–Crippen MR) is 132 cm³/mol. The van der Waals surface area contributed by atoms with Crippen molar-refractivity contribution in [2.45, 2.75) is 0 Å². The van der Waals surface area contributed by atoms with Crippen LogP contribution in [0.3, 0.4) is 0 Å². The molecule has 0 radical (unpaired) electrons. The number of rotatable bonds is 3. The second-order valence-electron chi connectivity index (χ2n) is 7.29. The highest BCUT2D eigenvalue weighted by Gasteiger charge is 2.18. The molecule has 0 atom stereocenters. The van der Waals surface area contributed by atoms with Crippen molar-refractivity contribution in [3.8, 4) is 32.8 Å². The summed E-state index contributed by atoms with van der Waals surface area (Å²) in [6, 6.07) is 24.8. The van der Waals surface area contributed by atoms with Crippen LogP contribution in [0.1, 0.15) is 0 Å². The number of nitrogens with two attached hydrogens (primary N) is 1. The number of hydrogen-bond acceptors (Lipinski definition) is 4. The standard InChI is InChI=1S/C26H16ClFN2OS/c27-18-10-6-17(7-11-18)25-23(29)24(31)22-20(15-8-12-19(28)13-9-15)14-21(30-26(22)32-25)16-4-2-1-3-5-16/h1-14H,29H2. The largest absolute Gasteiger partial charge is 0.394 e. The maximum atomic E-state index is 13.6. The van der Waals surface area contributed by atoms with E-state index in [0.29, 0.717) is 25.7 Å². The summed E-state index contributed by atoms with van der Waals surface area (Å²) in [6.07, 6.45) is 0. The van der Waals surface area contributed by atoms with Crippen LogP contribution >= 0.6 is 22.9 Å². The van der Waals surface area contributed by atoms with Gasteiger partial charge in [0.25, 0.3) is 0 Å². The predicted octanol–water partition coefficient (Wildman–Crippen LogP) is 7.03. The lowest BCUT2D eigenvalue weighted by Gasteiger charge is -2.12. The molecule has 2 heterocycles. The summed E-state index contributed by atoms with van der Waals surface area (Å²) < 4.78 is 13.6. The third kappa shape index (κ3) is 3.66. The van der Waals surface area contributed by atoms with Gasteiger partial charge in [0, 0.05) is 10.6 Å². The van der Waals surface area contributed by atoms with E-state index in [0.717, 1.165) is 22.4 Å². The van der Waals surface area contributed by atoms with E-state index < -0.39 is 0 Å². The number of nitrogens with zero attached hydrogens (tertiary/aromatic N) is 1. The van der Waals surface area contributed by atoms with Gasteiger partial charge in [-0.2, -0.15) is 0 Å². The van der Waals surface area contributed by atoms with Gasteiger partial charge in [0.1, 0.15) is 10.6 Å². The van der Waals surface area contributed by atoms with Crippen LogP contribution in [-0.4, -0.2) is 4.98 Å². The summed E-state index contributed by atoms with van der Waals surface area (Å²) in [5.74, 6) is -0.343. The Morgan fingerprint density at radius 3 is 2.19 bits per heavy atom. The van der Waals surface area contributed by atoms with Gasteiger partial charge in [0.15, 0.2) is 0 Å².